The molecule has 0 unspecified atom stereocenters. The number of halogens is 3. The number of hydrogen-bond acceptors (Lipinski definition) is 4. The van der Waals surface area contributed by atoms with E-state index < -0.39 is 32.2 Å². The van der Waals surface area contributed by atoms with E-state index in [4.69, 9.17) is 4.74 Å². The van der Waals surface area contributed by atoms with Gasteiger partial charge < -0.3 is 9.72 Å². The summed E-state index contributed by atoms with van der Waals surface area (Å²) in [5, 5.41) is 0.640. The molecule has 1 heterocycles. The number of rotatable bonds is 9. The Morgan fingerprint density at radius 2 is 1.71 bits per heavy atom. The number of aromatic nitrogens is 1. The summed E-state index contributed by atoms with van der Waals surface area (Å²) in [5.41, 5.74) is 1.01. The molecule has 200 valence electrons. The molecule has 0 atom stereocenters. The van der Waals surface area contributed by atoms with Crippen LogP contribution in [0.15, 0.2) is 82.5 Å². The Hall–Kier alpha value is -3.63. The Labute approximate surface area is 218 Å². The van der Waals surface area contributed by atoms with Crippen molar-refractivity contribution in [2.75, 3.05) is 13.2 Å². The molecule has 0 saturated heterocycles. The van der Waals surface area contributed by atoms with E-state index in [1.807, 2.05) is 38.1 Å². The molecule has 38 heavy (non-hydrogen) atoms. The molecule has 4 aromatic rings. The number of aromatic amines is 1. The third kappa shape index (κ3) is 6.08. The van der Waals surface area contributed by atoms with Crippen LogP contribution in [0.2, 0.25) is 0 Å². The third-order valence-electron chi connectivity index (χ3n) is 6.24. The molecule has 1 aromatic heterocycles. The lowest BCUT2D eigenvalue weighted by atomic mass is 10.1. The topological polar surface area (TPSA) is 79.5 Å². The summed E-state index contributed by atoms with van der Waals surface area (Å²) in [6.45, 7) is 3.82. The molecule has 0 radical (unpaired) electrons. The molecule has 1 N–H and O–H groups in total. The van der Waals surface area contributed by atoms with Crippen molar-refractivity contribution in [2.24, 2.45) is 0 Å². The van der Waals surface area contributed by atoms with Gasteiger partial charge in [-0.1, -0.05) is 30.3 Å². The summed E-state index contributed by atoms with van der Waals surface area (Å²) >= 11 is 0. The summed E-state index contributed by atoms with van der Waals surface area (Å²) in [6.07, 6.45) is -4.39. The van der Waals surface area contributed by atoms with Gasteiger partial charge in [-0.25, -0.2) is 8.42 Å². The molecule has 0 aliphatic carbocycles. The average Bonchev–Trinajstić information content (AvgIpc) is 2.87. The highest BCUT2D eigenvalue weighted by molar-refractivity contribution is 7.89. The zero-order valence-electron chi connectivity index (χ0n) is 20.9. The van der Waals surface area contributed by atoms with Crippen LogP contribution in [-0.4, -0.2) is 30.9 Å². The van der Waals surface area contributed by atoms with Crippen molar-refractivity contribution in [3.8, 4) is 5.75 Å². The molecule has 0 bridgehead atoms. The van der Waals surface area contributed by atoms with Gasteiger partial charge in [0, 0.05) is 29.6 Å². The number of fused-ring (bicyclic) bond motifs is 1. The van der Waals surface area contributed by atoms with Crippen LogP contribution in [0.3, 0.4) is 0 Å². The number of H-pyrrole nitrogens is 1. The Bertz CT molecular complexity index is 1610. The molecule has 6 nitrogen and oxygen atoms in total. The number of sulfonamides is 1. The minimum absolute atomic E-state index is 0.0418. The number of alkyl halides is 3. The maximum Gasteiger partial charge on any atom is 0.416 e. The zero-order valence-corrected chi connectivity index (χ0v) is 21.7. The van der Waals surface area contributed by atoms with Gasteiger partial charge in [-0.3, -0.25) is 4.79 Å². The SMILES string of the molecule is CCOc1ccc2[nH]c(=O)c(CN(CCc3ccccc3C)S(=O)(=O)c3cccc(C(F)(F)F)c3)cc2c1. The predicted molar refractivity (Wildman–Crippen MR) is 140 cm³/mol. The van der Waals surface area contributed by atoms with E-state index in [0.717, 1.165) is 33.6 Å². The summed E-state index contributed by atoms with van der Waals surface area (Å²) in [6, 6.07) is 17.8. The highest BCUT2D eigenvalue weighted by Gasteiger charge is 2.33. The Morgan fingerprint density at radius 1 is 0.947 bits per heavy atom. The molecule has 4 rings (SSSR count). The van der Waals surface area contributed by atoms with Gasteiger partial charge in [-0.05, 0) is 73.9 Å². The van der Waals surface area contributed by atoms with Gasteiger partial charge in [0.2, 0.25) is 10.0 Å². The van der Waals surface area contributed by atoms with Gasteiger partial charge in [-0.2, -0.15) is 17.5 Å². The van der Waals surface area contributed by atoms with Crippen molar-refractivity contribution in [1.82, 2.24) is 9.29 Å². The van der Waals surface area contributed by atoms with E-state index in [1.165, 1.54) is 0 Å². The predicted octanol–water partition coefficient (Wildman–Crippen LogP) is 5.69. The summed E-state index contributed by atoms with van der Waals surface area (Å²) in [5.74, 6) is 0.589. The van der Waals surface area contributed by atoms with E-state index in [2.05, 4.69) is 4.98 Å². The largest absolute Gasteiger partial charge is 0.494 e. The monoisotopic (exact) mass is 544 g/mol. The van der Waals surface area contributed by atoms with Crippen LogP contribution in [0.1, 0.15) is 29.2 Å². The normalized spacial score (nSPS) is 12.3. The quantitative estimate of drug-likeness (QED) is 0.294. The van der Waals surface area contributed by atoms with Crippen LogP contribution in [0.4, 0.5) is 13.2 Å². The molecule has 3 aromatic carbocycles. The molecule has 0 amide bonds. The first-order chi connectivity index (χ1) is 18.0. The lowest BCUT2D eigenvalue weighted by Crippen LogP contribution is -2.34. The number of nitrogens with zero attached hydrogens (tertiary/aromatic N) is 1. The zero-order chi connectivity index (χ0) is 27.5. The molecule has 0 spiro atoms. The average molecular weight is 545 g/mol. The highest BCUT2D eigenvalue weighted by Crippen LogP contribution is 2.31. The fraction of sp³-hybridized carbons (Fsp3) is 0.250. The minimum atomic E-state index is -4.70. The second-order valence-electron chi connectivity index (χ2n) is 8.85. The lowest BCUT2D eigenvalue weighted by Gasteiger charge is -2.23. The first-order valence-corrected chi connectivity index (χ1v) is 13.4. The summed E-state index contributed by atoms with van der Waals surface area (Å²) < 4.78 is 73.9. The maximum absolute atomic E-state index is 13.7. The van der Waals surface area contributed by atoms with E-state index in [1.54, 1.807) is 24.3 Å². The first-order valence-electron chi connectivity index (χ1n) is 12.0. The molecule has 0 aliphatic heterocycles. The van der Waals surface area contributed by atoms with Gasteiger partial charge in [0.05, 0.1) is 17.1 Å². The summed E-state index contributed by atoms with van der Waals surface area (Å²) in [4.78, 5) is 15.2. The van der Waals surface area contributed by atoms with Crippen molar-refractivity contribution in [2.45, 2.75) is 37.9 Å². The van der Waals surface area contributed by atoms with Crippen LogP contribution in [0, 0.1) is 6.92 Å². The molecule has 0 saturated carbocycles. The smallest absolute Gasteiger partial charge is 0.416 e. The van der Waals surface area contributed by atoms with Crippen LogP contribution < -0.4 is 10.3 Å². The number of aryl methyl sites for hydroxylation is 1. The third-order valence-corrected chi connectivity index (χ3v) is 8.08. The van der Waals surface area contributed by atoms with Crippen LogP contribution in [-0.2, 0) is 29.2 Å². The Morgan fingerprint density at radius 3 is 2.42 bits per heavy atom. The second-order valence-corrected chi connectivity index (χ2v) is 10.8. The molecule has 0 aliphatic rings. The van der Waals surface area contributed by atoms with Crippen molar-refractivity contribution in [3.63, 3.8) is 0 Å². The molecule has 10 heteroatoms. The van der Waals surface area contributed by atoms with Gasteiger partial charge >= 0.3 is 6.18 Å². The van der Waals surface area contributed by atoms with Crippen LogP contribution in [0.5, 0.6) is 5.75 Å². The maximum atomic E-state index is 13.7. The Kier molecular flexibility index (Phi) is 7.94. The number of benzene rings is 3. The van der Waals surface area contributed by atoms with E-state index in [0.29, 0.717) is 35.7 Å². The minimum Gasteiger partial charge on any atom is -0.494 e. The standard InChI is InChI=1S/C28H27F3N2O4S/c1-3-37-24-11-12-26-21(16-24)15-22(27(34)32-26)18-33(14-13-20-8-5-4-7-19(20)2)38(35,36)25-10-6-9-23(17-25)28(29,30)31/h4-12,15-17H,3,13-14,18H2,1-2H3,(H,32,34). The summed E-state index contributed by atoms with van der Waals surface area (Å²) in [7, 11) is -4.40. The van der Waals surface area contributed by atoms with E-state index >= 15 is 0 Å². The van der Waals surface area contributed by atoms with Gasteiger partial charge in [-0.15, -0.1) is 0 Å². The van der Waals surface area contributed by atoms with Gasteiger partial charge in [0.1, 0.15) is 5.75 Å². The van der Waals surface area contributed by atoms with Gasteiger partial charge in [0.15, 0.2) is 0 Å². The Balaban J connectivity index is 1.75. The number of ether oxygens (including phenoxy) is 1. The van der Waals surface area contributed by atoms with Gasteiger partial charge in [0.25, 0.3) is 5.56 Å². The lowest BCUT2D eigenvalue weighted by molar-refractivity contribution is -0.137. The second kappa shape index (κ2) is 11.0. The molecular weight excluding hydrogens is 517 g/mol. The molecule has 0 fully saturated rings. The molecular formula is C28H27F3N2O4S. The van der Waals surface area contributed by atoms with Crippen molar-refractivity contribution < 1.29 is 26.3 Å². The van der Waals surface area contributed by atoms with Crippen molar-refractivity contribution in [3.05, 3.63) is 105 Å². The highest BCUT2D eigenvalue weighted by atomic mass is 32.2. The van der Waals surface area contributed by atoms with E-state index in [9.17, 15) is 26.4 Å². The first kappa shape index (κ1) is 27.4. The van der Waals surface area contributed by atoms with Crippen molar-refractivity contribution >= 4 is 20.9 Å². The van der Waals surface area contributed by atoms with E-state index in [-0.39, 0.29) is 18.7 Å². The fourth-order valence-electron chi connectivity index (χ4n) is 4.20. The fourth-order valence-corrected chi connectivity index (χ4v) is 5.66. The van der Waals surface area contributed by atoms with Crippen LogP contribution in [0.25, 0.3) is 10.9 Å². The van der Waals surface area contributed by atoms with Crippen LogP contribution >= 0.6 is 0 Å². The number of pyridine rings is 1. The number of nitrogens with one attached hydrogen (secondary N) is 1. The number of hydrogen-bond donors (Lipinski definition) is 1. The van der Waals surface area contributed by atoms with Crippen molar-refractivity contribution in [1.29, 1.82) is 0 Å².